The molecular formula is C112H98Cl2F11N5O16. The van der Waals surface area contributed by atoms with Crippen molar-refractivity contribution in [2.24, 2.45) is 0 Å². The summed E-state index contributed by atoms with van der Waals surface area (Å²) in [6.07, 6.45) is 14.8. The molecule has 10 heterocycles. The van der Waals surface area contributed by atoms with E-state index in [1.165, 1.54) is 155 Å². The van der Waals surface area contributed by atoms with Gasteiger partial charge in [-0.2, -0.15) is 0 Å². The maximum atomic E-state index is 15.3. The maximum Gasteiger partial charge on any atom is 0.337 e. The number of nitrogens with one attached hydrogen (secondary N) is 1. The van der Waals surface area contributed by atoms with Gasteiger partial charge in [0.05, 0.1) is 32.3 Å². The van der Waals surface area contributed by atoms with Crippen molar-refractivity contribution in [3.63, 3.8) is 0 Å². The van der Waals surface area contributed by atoms with E-state index in [4.69, 9.17) is 57.1 Å². The third-order valence-corrected chi connectivity index (χ3v) is 26.4. The predicted molar refractivity (Wildman–Crippen MR) is 522 cm³/mol. The topological polar surface area (TPSA) is 276 Å². The van der Waals surface area contributed by atoms with Crippen molar-refractivity contribution in [1.29, 1.82) is 0 Å². The van der Waals surface area contributed by atoms with Crippen LogP contribution in [-0.2, 0) is 76.1 Å². The van der Waals surface area contributed by atoms with Crippen LogP contribution in [0.5, 0.6) is 0 Å². The number of carbonyl (C=O) groups excluding carboxylic acids is 4. The molecule has 34 heteroatoms. The zero-order chi connectivity index (χ0) is 104. The Labute approximate surface area is 840 Å². The van der Waals surface area contributed by atoms with Crippen LogP contribution in [0.15, 0.2) is 299 Å². The molecule has 5 saturated heterocycles. The quantitative estimate of drug-likeness (QED) is 0.0158. The Bertz CT molecular complexity index is 6720. The van der Waals surface area contributed by atoms with Crippen molar-refractivity contribution in [3.05, 3.63) is 485 Å². The first-order chi connectivity index (χ1) is 70.3. The number of aliphatic hydroxyl groups excluding tert-OH is 2. The van der Waals surface area contributed by atoms with Crippen LogP contribution in [0.2, 0.25) is 5.15 Å². The molecule has 758 valence electrons. The van der Waals surface area contributed by atoms with Crippen LogP contribution in [0.1, 0.15) is 191 Å². The molecule has 21 nitrogen and oxygen atoms in total. The Balaban J connectivity index is 0.000000141. The van der Waals surface area contributed by atoms with E-state index >= 15 is 13.2 Å². The molecule has 0 radical (unpaired) electrons. The number of halogens is 13. The minimum Gasteiger partial charge on any atom is -0.465 e. The van der Waals surface area contributed by atoms with Gasteiger partial charge in [-0.1, -0.05) is 133 Å². The van der Waals surface area contributed by atoms with Gasteiger partial charge in [0.15, 0.2) is 51.6 Å². The highest BCUT2D eigenvalue weighted by molar-refractivity contribution is 6.29. The number of alkyl halides is 1. The zero-order valence-corrected chi connectivity index (χ0v) is 80.1. The van der Waals surface area contributed by atoms with E-state index < -0.39 is 128 Å². The van der Waals surface area contributed by atoms with E-state index in [1.807, 2.05) is 0 Å². The average molecular weight is 2050 g/mol. The summed E-state index contributed by atoms with van der Waals surface area (Å²) in [5.41, 5.74) is -0.437. The Hall–Kier alpha value is -14.1. The molecule has 3 N–H and O–H groups in total. The van der Waals surface area contributed by atoms with Crippen molar-refractivity contribution in [3.8, 4) is 0 Å². The standard InChI is InChI=1S/3C24H21F2NO4.C15H12ClF2NO.C15H13F2NO2.C10H10ClFO/c1-30-23(29)17-5-3-16(4-6-17)15-27-13-11-20(21(26)22(27)28)24(12-2-14-31-24)18-7-9-19(25)10-8-18;2*25-19-8-6-18(7-9-19)24(11-1-13-31-24)20-10-12-27(23(30)22(20)26)14-16-2-4-17(5-3-16)21(29)15-28;16-14-13(18)12(6-8-19-14)15(7-1-9-20-15)10-2-4-11(17)5-3-10;16-11-4-2-10(3-5-11)15(7-1-9-20-15)12-6-8-18-14(19)13(12)17;11-7-1-2-10(13)8-3-5-9(12)6-4-8/h3-11,13H,2,12,14-15H2,1H3;2*2-10,12,28H,1,11,13-15H2;2-6,8H,1,7,9H2;2-6,8H,1,7,9H2,(H,18,19);3-6H,1-2,7H2. The van der Waals surface area contributed by atoms with Crippen molar-refractivity contribution in [1.82, 2.24) is 23.7 Å². The van der Waals surface area contributed by atoms with Gasteiger partial charge in [-0.05, 0) is 243 Å². The molecule has 5 aliphatic heterocycles. The number of aliphatic hydroxyl groups is 2. The highest BCUT2D eigenvalue weighted by Gasteiger charge is 2.47. The fourth-order valence-corrected chi connectivity index (χ4v) is 18.8. The van der Waals surface area contributed by atoms with E-state index in [2.05, 4.69) is 14.7 Å². The Morgan fingerprint density at radius 2 is 0.623 bits per heavy atom. The fourth-order valence-electron chi connectivity index (χ4n) is 18.5. The predicted octanol–water partition coefficient (Wildman–Crippen LogP) is 20.6. The number of H-pyrrole nitrogens is 1. The number of methoxy groups -OCH3 is 1. The number of pyridine rings is 5. The summed E-state index contributed by atoms with van der Waals surface area (Å²) in [7, 11) is 1.30. The molecule has 146 heavy (non-hydrogen) atoms. The molecule has 5 unspecified atom stereocenters. The molecule has 5 atom stereocenters. The highest BCUT2D eigenvalue weighted by Crippen LogP contribution is 2.49. The molecule has 0 saturated carbocycles. The smallest absolute Gasteiger partial charge is 0.337 e. The van der Waals surface area contributed by atoms with Crippen LogP contribution < -0.4 is 22.2 Å². The lowest BCUT2D eigenvalue weighted by Crippen LogP contribution is -2.33. The second kappa shape index (κ2) is 48.8. The Morgan fingerprint density at radius 1 is 0.356 bits per heavy atom. The first kappa shape index (κ1) is 108. The van der Waals surface area contributed by atoms with E-state index in [1.54, 1.807) is 146 Å². The number of ether oxygens (including phenoxy) is 6. The molecule has 0 spiro atoms. The van der Waals surface area contributed by atoms with Gasteiger partial charge >= 0.3 is 5.97 Å². The van der Waals surface area contributed by atoms with Gasteiger partial charge in [0.25, 0.3) is 22.2 Å². The van der Waals surface area contributed by atoms with Gasteiger partial charge < -0.3 is 57.3 Å². The monoisotopic (exact) mass is 2050 g/mol. The largest absolute Gasteiger partial charge is 0.465 e. The molecule has 0 bridgehead atoms. The molecule has 9 aromatic carbocycles. The van der Waals surface area contributed by atoms with Gasteiger partial charge in [-0.25, -0.2) is 58.1 Å². The number of benzene rings is 9. The lowest BCUT2D eigenvalue weighted by atomic mass is 9.84. The number of esters is 1. The number of aromatic amines is 1. The van der Waals surface area contributed by atoms with E-state index in [0.717, 1.165) is 24.0 Å². The minimum absolute atomic E-state index is 0.0145. The normalized spacial score (nSPS) is 18.6. The van der Waals surface area contributed by atoms with Crippen LogP contribution >= 0.6 is 23.2 Å². The van der Waals surface area contributed by atoms with Crippen LogP contribution in [0.3, 0.4) is 0 Å². The molecule has 5 fully saturated rings. The van der Waals surface area contributed by atoms with Gasteiger partial charge in [0.1, 0.15) is 76.1 Å². The van der Waals surface area contributed by atoms with Gasteiger partial charge in [0, 0.05) is 121 Å². The minimum atomic E-state index is -1.12. The summed E-state index contributed by atoms with van der Waals surface area (Å²) >= 11 is 11.2. The molecule has 14 aromatic rings. The summed E-state index contributed by atoms with van der Waals surface area (Å²) < 4.78 is 191. The molecule has 19 rings (SSSR count). The van der Waals surface area contributed by atoms with E-state index in [-0.39, 0.29) is 70.3 Å². The molecule has 5 aromatic heterocycles. The molecule has 5 aliphatic rings. The van der Waals surface area contributed by atoms with E-state index in [9.17, 15) is 73.5 Å². The Morgan fingerprint density at radius 3 is 0.897 bits per heavy atom. The maximum absolute atomic E-state index is 15.3. The van der Waals surface area contributed by atoms with Crippen LogP contribution in [0.25, 0.3) is 0 Å². The first-order valence-corrected chi connectivity index (χ1v) is 47.6. The summed E-state index contributed by atoms with van der Waals surface area (Å²) in [6, 6.07) is 61.5. The van der Waals surface area contributed by atoms with Gasteiger partial charge in [-0.15, -0.1) is 11.6 Å². The lowest BCUT2D eigenvalue weighted by molar-refractivity contribution is 0.0324. The van der Waals surface area contributed by atoms with Crippen molar-refractivity contribution >= 4 is 46.5 Å². The number of hydrogen-bond acceptors (Lipinski definition) is 17. The van der Waals surface area contributed by atoms with Gasteiger partial charge in [-0.3, -0.25) is 33.6 Å². The Kier molecular flexibility index (Phi) is 36.0. The average Bonchev–Trinajstić information content (AvgIpc) is 1.41. The molecule has 0 amide bonds. The molecular weight excluding hydrogens is 1950 g/mol. The fraction of sp³-hybridized carbons (Fsp3) is 0.259. The summed E-state index contributed by atoms with van der Waals surface area (Å²) in [5, 5.41) is 17.7. The van der Waals surface area contributed by atoms with Crippen molar-refractivity contribution in [2.75, 3.05) is 59.2 Å². The second-order valence-electron chi connectivity index (χ2n) is 34.8. The third kappa shape index (κ3) is 24.3. The van der Waals surface area contributed by atoms with Crippen molar-refractivity contribution < 1.29 is 106 Å². The zero-order valence-electron chi connectivity index (χ0n) is 78.6. The van der Waals surface area contributed by atoms with Crippen LogP contribution in [-0.4, -0.2) is 116 Å². The van der Waals surface area contributed by atoms with E-state index in [0.29, 0.717) is 164 Å². The summed E-state index contributed by atoms with van der Waals surface area (Å²) in [6.45, 7) is 1.47. The number of aromatic nitrogens is 5. The second-order valence-corrected chi connectivity index (χ2v) is 35.6. The van der Waals surface area contributed by atoms with Crippen molar-refractivity contribution in [2.45, 2.75) is 125 Å². The number of ketones is 3. The lowest BCUT2D eigenvalue weighted by Gasteiger charge is -2.30. The van der Waals surface area contributed by atoms with Crippen LogP contribution in [0.4, 0.5) is 48.3 Å². The number of nitrogens with zero attached hydrogens (tertiary/aromatic N) is 4. The third-order valence-electron chi connectivity index (χ3n) is 25.9. The summed E-state index contributed by atoms with van der Waals surface area (Å²) in [4.78, 5) is 102. The number of carbonyl (C=O) groups is 4. The number of hydrogen-bond donors (Lipinski definition) is 3. The molecule has 0 aliphatic carbocycles. The van der Waals surface area contributed by atoms with Gasteiger partial charge in [0.2, 0.25) is 0 Å². The highest BCUT2D eigenvalue weighted by atomic mass is 35.5. The number of Topliss-reactive ketones (excluding diaryl/α,β-unsaturated/α-hetero) is 3. The summed E-state index contributed by atoms with van der Waals surface area (Å²) in [5.74, 6) is -7.12. The first-order valence-electron chi connectivity index (χ1n) is 46.7. The van der Waals surface area contributed by atoms with Crippen LogP contribution in [0, 0.1) is 64.0 Å². The number of rotatable bonds is 25. The SMILES string of the molecule is COC(=O)c1ccc(Cn2ccc(C3(c4ccc(F)cc4)CCCO3)c(F)c2=O)cc1.Fc1ccc(C2(c3ccnc(Cl)c3F)CCCO2)cc1.O=C(CCCCl)c1ccc(F)cc1.O=C(CO)c1ccc(Cn2ccc(C3(c4ccc(F)cc4)CCCO3)c(F)c2=O)cc1.O=C(CO)c1ccc(Cn2ccc(C3(c4ccc(F)cc4)CCCO3)c(F)c2=O)cc1.O=c1[nH]ccc(C2(c3ccc(F)cc3)CCCO2)c1F.